The minimum absolute atomic E-state index is 0.188. The molecule has 4 nitrogen and oxygen atoms in total. The summed E-state index contributed by atoms with van der Waals surface area (Å²) in [5.41, 5.74) is 5.45. The predicted octanol–water partition coefficient (Wildman–Crippen LogP) is 0.966. The van der Waals surface area contributed by atoms with Gasteiger partial charge in [-0.1, -0.05) is 11.6 Å². The van der Waals surface area contributed by atoms with Crippen LogP contribution in [0.4, 0.5) is 0 Å². The highest BCUT2D eigenvalue weighted by atomic mass is 35.5. The second-order valence-electron chi connectivity index (χ2n) is 3.28. The zero-order chi connectivity index (χ0) is 11.5. The first-order valence-electron chi connectivity index (χ1n) is 4.42. The summed E-state index contributed by atoms with van der Waals surface area (Å²) in [7, 11) is -3.46. The molecule has 84 valence electrons. The van der Waals surface area contributed by atoms with Gasteiger partial charge in [0.15, 0.2) is 0 Å². The van der Waals surface area contributed by atoms with Gasteiger partial charge in [-0.2, -0.15) is 0 Å². The van der Waals surface area contributed by atoms with Gasteiger partial charge in [-0.05, 0) is 31.2 Å². The molecule has 0 radical (unpaired) electrons. The Balaban J connectivity index is 2.82. The number of hydrogen-bond donors (Lipinski definition) is 2. The van der Waals surface area contributed by atoms with E-state index < -0.39 is 10.0 Å². The molecule has 1 aromatic rings. The van der Waals surface area contributed by atoms with Crippen LogP contribution in [0.5, 0.6) is 0 Å². The Kier molecular flexibility index (Phi) is 4.10. The van der Waals surface area contributed by atoms with Crippen molar-refractivity contribution in [3.8, 4) is 0 Å². The summed E-state index contributed by atoms with van der Waals surface area (Å²) in [5.74, 6) is 0. The number of sulfonamides is 1. The van der Waals surface area contributed by atoms with E-state index in [1.807, 2.05) is 0 Å². The molecule has 0 saturated carbocycles. The van der Waals surface area contributed by atoms with Crippen molar-refractivity contribution in [2.75, 3.05) is 6.54 Å². The van der Waals surface area contributed by atoms with Gasteiger partial charge in [0.2, 0.25) is 10.0 Å². The zero-order valence-electron chi connectivity index (χ0n) is 8.27. The molecule has 0 spiro atoms. The molecule has 0 aliphatic rings. The highest BCUT2D eigenvalue weighted by molar-refractivity contribution is 7.89. The fourth-order valence-corrected chi connectivity index (χ4v) is 2.21. The molecule has 0 bridgehead atoms. The van der Waals surface area contributed by atoms with Crippen molar-refractivity contribution >= 4 is 21.6 Å². The van der Waals surface area contributed by atoms with E-state index in [1.165, 1.54) is 24.3 Å². The fraction of sp³-hybridized carbons (Fsp3) is 0.333. The third-order valence-electron chi connectivity index (χ3n) is 1.72. The maximum Gasteiger partial charge on any atom is 0.240 e. The lowest BCUT2D eigenvalue weighted by molar-refractivity contribution is 0.574. The van der Waals surface area contributed by atoms with Gasteiger partial charge in [-0.25, -0.2) is 13.1 Å². The monoisotopic (exact) mass is 248 g/mol. The van der Waals surface area contributed by atoms with Gasteiger partial charge in [-0.15, -0.1) is 0 Å². The molecule has 1 rings (SSSR count). The highest BCUT2D eigenvalue weighted by Crippen LogP contribution is 2.13. The first-order chi connectivity index (χ1) is 6.92. The number of nitrogens with one attached hydrogen (secondary N) is 1. The Bertz CT molecular complexity index is 414. The smallest absolute Gasteiger partial charge is 0.240 e. The number of benzene rings is 1. The second kappa shape index (κ2) is 4.94. The van der Waals surface area contributed by atoms with Crippen molar-refractivity contribution < 1.29 is 8.42 Å². The van der Waals surface area contributed by atoms with Gasteiger partial charge >= 0.3 is 0 Å². The van der Waals surface area contributed by atoms with Crippen molar-refractivity contribution in [1.82, 2.24) is 4.72 Å². The number of nitrogens with two attached hydrogens (primary N) is 1. The third-order valence-corrected chi connectivity index (χ3v) is 3.41. The fourth-order valence-electron chi connectivity index (χ4n) is 0.938. The van der Waals surface area contributed by atoms with Crippen LogP contribution in [-0.4, -0.2) is 21.0 Å². The SMILES string of the molecule is C[C@@H](N)CNS(=O)(=O)c1ccc(Cl)cc1. The van der Waals surface area contributed by atoms with E-state index in [2.05, 4.69) is 4.72 Å². The standard InChI is InChI=1S/C9H13ClN2O2S/c1-7(11)6-12-15(13,14)9-4-2-8(10)3-5-9/h2-5,7,12H,6,11H2,1H3/t7-/m1/s1. The van der Waals surface area contributed by atoms with Gasteiger partial charge in [0.05, 0.1) is 4.90 Å². The summed E-state index contributed by atoms with van der Waals surface area (Å²) in [6, 6.07) is 5.74. The normalized spacial score (nSPS) is 13.8. The second-order valence-corrected chi connectivity index (χ2v) is 5.49. The predicted molar refractivity (Wildman–Crippen MR) is 60.3 cm³/mol. The van der Waals surface area contributed by atoms with Crippen LogP contribution in [-0.2, 0) is 10.0 Å². The molecule has 0 aliphatic carbocycles. The Hall–Kier alpha value is -0.620. The zero-order valence-corrected chi connectivity index (χ0v) is 9.85. The van der Waals surface area contributed by atoms with E-state index in [1.54, 1.807) is 6.92 Å². The number of rotatable bonds is 4. The summed E-state index contributed by atoms with van der Waals surface area (Å²) in [4.78, 5) is 0.188. The van der Waals surface area contributed by atoms with E-state index in [9.17, 15) is 8.42 Å². The molecule has 15 heavy (non-hydrogen) atoms. The average molecular weight is 249 g/mol. The van der Waals surface area contributed by atoms with Crippen molar-refractivity contribution in [2.24, 2.45) is 5.73 Å². The minimum Gasteiger partial charge on any atom is -0.327 e. The van der Waals surface area contributed by atoms with Crippen molar-refractivity contribution in [1.29, 1.82) is 0 Å². The summed E-state index contributed by atoms with van der Waals surface area (Å²) >= 11 is 5.65. The largest absolute Gasteiger partial charge is 0.327 e. The molecule has 0 fully saturated rings. The molecular weight excluding hydrogens is 236 g/mol. The van der Waals surface area contributed by atoms with E-state index in [0.717, 1.165) is 0 Å². The van der Waals surface area contributed by atoms with E-state index >= 15 is 0 Å². The van der Waals surface area contributed by atoms with Crippen LogP contribution >= 0.6 is 11.6 Å². The molecular formula is C9H13ClN2O2S. The topological polar surface area (TPSA) is 72.2 Å². The summed E-state index contributed by atoms with van der Waals surface area (Å²) in [6.07, 6.45) is 0. The molecule has 0 saturated heterocycles. The van der Waals surface area contributed by atoms with Crippen LogP contribution in [0.3, 0.4) is 0 Å². The molecule has 0 unspecified atom stereocenters. The van der Waals surface area contributed by atoms with Gasteiger partial charge in [0.25, 0.3) is 0 Å². The molecule has 0 aliphatic heterocycles. The highest BCUT2D eigenvalue weighted by Gasteiger charge is 2.13. The molecule has 1 atom stereocenters. The summed E-state index contributed by atoms with van der Waals surface area (Å²) in [6.45, 7) is 1.94. The van der Waals surface area contributed by atoms with Crippen LogP contribution in [0.15, 0.2) is 29.2 Å². The van der Waals surface area contributed by atoms with Gasteiger partial charge in [0.1, 0.15) is 0 Å². The molecule has 0 heterocycles. The van der Waals surface area contributed by atoms with Crippen LogP contribution in [0, 0.1) is 0 Å². The molecule has 6 heteroatoms. The molecule has 0 amide bonds. The first-order valence-corrected chi connectivity index (χ1v) is 6.29. The van der Waals surface area contributed by atoms with Gasteiger partial charge in [-0.3, -0.25) is 0 Å². The summed E-state index contributed by atoms with van der Waals surface area (Å²) < 4.78 is 25.7. The molecule has 3 N–H and O–H groups in total. The Morgan fingerprint density at radius 2 is 1.93 bits per heavy atom. The van der Waals surface area contributed by atoms with E-state index in [-0.39, 0.29) is 17.5 Å². The van der Waals surface area contributed by atoms with E-state index in [0.29, 0.717) is 5.02 Å². The maximum absolute atomic E-state index is 11.6. The Morgan fingerprint density at radius 3 is 2.40 bits per heavy atom. The lowest BCUT2D eigenvalue weighted by atomic mass is 10.4. The molecule has 1 aromatic carbocycles. The maximum atomic E-state index is 11.6. The van der Waals surface area contributed by atoms with Crippen LogP contribution in [0.1, 0.15) is 6.92 Å². The number of hydrogen-bond acceptors (Lipinski definition) is 3. The lowest BCUT2D eigenvalue weighted by Gasteiger charge is -2.08. The lowest BCUT2D eigenvalue weighted by Crippen LogP contribution is -2.35. The number of halogens is 1. The van der Waals surface area contributed by atoms with Crippen molar-refractivity contribution in [2.45, 2.75) is 17.9 Å². The van der Waals surface area contributed by atoms with Gasteiger partial charge < -0.3 is 5.73 Å². The van der Waals surface area contributed by atoms with E-state index in [4.69, 9.17) is 17.3 Å². The van der Waals surface area contributed by atoms with Crippen molar-refractivity contribution in [3.05, 3.63) is 29.3 Å². The Labute approximate surface area is 94.5 Å². The first kappa shape index (κ1) is 12.4. The molecule has 0 aromatic heterocycles. The third kappa shape index (κ3) is 3.79. The Morgan fingerprint density at radius 1 is 1.40 bits per heavy atom. The van der Waals surface area contributed by atoms with Crippen molar-refractivity contribution in [3.63, 3.8) is 0 Å². The average Bonchev–Trinajstić information content (AvgIpc) is 2.16. The van der Waals surface area contributed by atoms with Crippen LogP contribution in [0.25, 0.3) is 0 Å². The quantitative estimate of drug-likeness (QED) is 0.834. The van der Waals surface area contributed by atoms with Crippen LogP contribution < -0.4 is 10.5 Å². The van der Waals surface area contributed by atoms with Crippen LogP contribution in [0.2, 0.25) is 5.02 Å². The summed E-state index contributed by atoms with van der Waals surface area (Å²) in [5, 5.41) is 0.501. The van der Waals surface area contributed by atoms with Gasteiger partial charge in [0, 0.05) is 17.6 Å². The minimum atomic E-state index is -3.46.